The number of benzene rings is 1. The number of hydrogen-bond donors (Lipinski definition) is 0. The van der Waals surface area contributed by atoms with Gasteiger partial charge in [0, 0.05) is 5.02 Å². The Labute approximate surface area is 80.6 Å². The Balaban J connectivity index is 0.000000561. The lowest BCUT2D eigenvalue weighted by molar-refractivity contribution is 1.11. The zero-order valence-corrected chi connectivity index (χ0v) is 9.07. The van der Waals surface area contributed by atoms with E-state index in [0.29, 0.717) is 0 Å². The second-order valence-corrected chi connectivity index (χ2v) is 2.86. The van der Waals surface area contributed by atoms with Gasteiger partial charge in [-0.3, -0.25) is 0 Å². The van der Waals surface area contributed by atoms with Gasteiger partial charge < -0.3 is 0 Å². The molecule has 0 aliphatic rings. The molecule has 68 valence electrons. The molecular formula is C11H17Cl. The standard InChI is InChI=1S/C9H11Cl.C2H6/c1-3-8-4-5-9(10)6-7(8)2;1-2/h4-6H,3H2,1-2H3;1-2H3. The molecule has 0 saturated heterocycles. The number of rotatable bonds is 1. The van der Waals surface area contributed by atoms with Crippen LogP contribution in [0.3, 0.4) is 0 Å². The Kier molecular flexibility index (Phi) is 5.83. The molecule has 0 aliphatic heterocycles. The molecule has 0 bridgehead atoms. The lowest BCUT2D eigenvalue weighted by Crippen LogP contribution is -1.84. The van der Waals surface area contributed by atoms with Crippen molar-refractivity contribution in [3.05, 3.63) is 34.3 Å². The fourth-order valence-corrected chi connectivity index (χ4v) is 1.28. The summed E-state index contributed by atoms with van der Waals surface area (Å²) in [5.74, 6) is 0. The van der Waals surface area contributed by atoms with Crippen molar-refractivity contribution in [1.29, 1.82) is 0 Å². The highest BCUT2D eigenvalue weighted by Crippen LogP contribution is 2.14. The van der Waals surface area contributed by atoms with Crippen molar-refractivity contribution < 1.29 is 0 Å². The van der Waals surface area contributed by atoms with E-state index in [9.17, 15) is 0 Å². The zero-order chi connectivity index (χ0) is 9.56. The Morgan fingerprint density at radius 2 is 1.83 bits per heavy atom. The lowest BCUT2D eigenvalue weighted by Gasteiger charge is -2.01. The summed E-state index contributed by atoms with van der Waals surface area (Å²) in [5.41, 5.74) is 2.67. The van der Waals surface area contributed by atoms with E-state index in [1.54, 1.807) is 0 Å². The fourth-order valence-electron chi connectivity index (χ4n) is 1.06. The Morgan fingerprint density at radius 1 is 1.25 bits per heavy atom. The largest absolute Gasteiger partial charge is 0.0843 e. The van der Waals surface area contributed by atoms with Crippen molar-refractivity contribution in [2.45, 2.75) is 34.1 Å². The highest BCUT2D eigenvalue weighted by Gasteiger charge is 1.94. The maximum absolute atomic E-state index is 5.77. The number of halogens is 1. The average molecular weight is 185 g/mol. The molecule has 0 saturated carbocycles. The second kappa shape index (κ2) is 6.07. The minimum atomic E-state index is 0.828. The molecule has 1 rings (SSSR count). The summed E-state index contributed by atoms with van der Waals surface area (Å²) in [7, 11) is 0. The van der Waals surface area contributed by atoms with Crippen LogP contribution in [0, 0.1) is 6.92 Å². The van der Waals surface area contributed by atoms with E-state index >= 15 is 0 Å². The summed E-state index contributed by atoms with van der Waals surface area (Å²) in [6.45, 7) is 8.24. The van der Waals surface area contributed by atoms with Crippen molar-refractivity contribution in [3.8, 4) is 0 Å². The molecule has 0 spiro atoms. The summed E-state index contributed by atoms with van der Waals surface area (Å²) in [5, 5.41) is 0.828. The van der Waals surface area contributed by atoms with Crippen LogP contribution >= 0.6 is 11.6 Å². The summed E-state index contributed by atoms with van der Waals surface area (Å²) in [6.07, 6.45) is 1.09. The summed E-state index contributed by atoms with van der Waals surface area (Å²) in [4.78, 5) is 0. The van der Waals surface area contributed by atoms with E-state index in [2.05, 4.69) is 19.9 Å². The minimum absolute atomic E-state index is 0.828. The van der Waals surface area contributed by atoms with E-state index in [-0.39, 0.29) is 0 Å². The van der Waals surface area contributed by atoms with E-state index in [1.807, 2.05) is 26.0 Å². The van der Waals surface area contributed by atoms with Crippen molar-refractivity contribution in [2.24, 2.45) is 0 Å². The predicted molar refractivity (Wildman–Crippen MR) is 56.9 cm³/mol. The van der Waals surface area contributed by atoms with E-state index in [4.69, 9.17) is 11.6 Å². The number of hydrogen-bond acceptors (Lipinski definition) is 0. The third-order valence-corrected chi connectivity index (χ3v) is 1.92. The summed E-state index contributed by atoms with van der Waals surface area (Å²) in [6, 6.07) is 6.02. The first-order chi connectivity index (χ1) is 5.74. The maximum atomic E-state index is 5.77. The predicted octanol–water partition coefficient (Wildman–Crippen LogP) is 4.24. The van der Waals surface area contributed by atoms with Gasteiger partial charge in [-0.1, -0.05) is 38.4 Å². The van der Waals surface area contributed by atoms with Crippen LogP contribution in [0.1, 0.15) is 31.9 Å². The van der Waals surface area contributed by atoms with E-state index in [1.165, 1.54) is 11.1 Å². The van der Waals surface area contributed by atoms with Gasteiger partial charge in [-0.25, -0.2) is 0 Å². The van der Waals surface area contributed by atoms with Gasteiger partial charge in [-0.15, -0.1) is 0 Å². The third-order valence-electron chi connectivity index (χ3n) is 1.69. The van der Waals surface area contributed by atoms with Crippen LogP contribution in [0.2, 0.25) is 5.02 Å². The molecule has 0 N–H and O–H groups in total. The van der Waals surface area contributed by atoms with Crippen LogP contribution in [0.5, 0.6) is 0 Å². The molecule has 0 radical (unpaired) electrons. The smallest absolute Gasteiger partial charge is 0.0408 e. The van der Waals surface area contributed by atoms with Crippen LogP contribution in [0.25, 0.3) is 0 Å². The molecule has 0 fully saturated rings. The van der Waals surface area contributed by atoms with Gasteiger partial charge in [0.2, 0.25) is 0 Å². The van der Waals surface area contributed by atoms with Crippen LogP contribution in [-0.2, 0) is 6.42 Å². The highest BCUT2D eigenvalue weighted by molar-refractivity contribution is 6.30. The van der Waals surface area contributed by atoms with Crippen LogP contribution in [0.15, 0.2) is 18.2 Å². The van der Waals surface area contributed by atoms with E-state index < -0.39 is 0 Å². The normalized spacial score (nSPS) is 8.75. The molecule has 0 aromatic heterocycles. The molecule has 1 heteroatoms. The molecular weight excluding hydrogens is 168 g/mol. The molecule has 0 amide bonds. The third kappa shape index (κ3) is 3.27. The van der Waals surface area contributed by atoms with Gasteiger partial charge in [0.05, 0.1) is 0 Å². The second-order valence-electron chi connectivity index (χ2n) is 2.42. The molecule has 0 unspecified atom stereocenters. The monoisotopic (exact) mass is 184 g/mol. The van der Waals surface area contributed by atoms with Crippen molar-refractivity contribution >= 4 is 11.6 Å². The molecule has 1 aromatic rings. The summed E-state index contributed by atoms with van der Waals surface area (Å²) < 4.78 is 0. The first-order valence-corrected chi connectivity index (χ1v) is 4.87. The Bertz CT molecular complexity index is 228. The van der Waals surface area contributed by atoms with Crippen molar-refractivity contribution in [2.75, 3.05) is 0 Å². The first-order valence-electron chi connectivity index (χ1n) is 4.49. The maximum Gasteiger partial charge on any atom is 0.0408 e. The van der Waals surface area contributed by atoms with Gasteiger partial charge in [-0.05, 0) is 36.6 Å². The molecule has 1 aromatic carbocycles. The van der Waals surface area contributed by atoms with Gasteiger partial charge in [0.15, 0.2) is 0 Å². The summed E-state index contributed by atoms with van der Waals surface area (Å²) >= 11 is 5.77. The van der Waals surface area contributed by atoms with Crippen molar-refractivity contribution in [3.63, 3.8) is 0 Å². The van der Waals surface area contributed by atoms with Gasteiger partial charge in [0.1, 0.15) is 0 Å². The minimum Gasteiger partial charge on any atom is -0.0843 e. The van der Waals surface area contributed by atoms with E-state index in [0.717, 1.165) is 11.4 Å². The SMILES string of the molecule is CC.CCc1ccc(Cl)cc1C. The van der Waals surface area contributed by atoms with Crippen LogP contribution in [-0.4, -0.2) is 0 Å². The molecule has 0 heterocycles. The molecule has 12 heavy (non-hydrogen) atoms. The van der Waals surface area contributed by atoms with Crippen LogP contribution < -0.4 is 0 Å². The Morgan fingerprint density at radius 3 is 2.25 bits per heavy atom. The Hall–Kier alpha value is -0.490. The van der Waals surface area contributed by atoms with Gasteiger partial charge in [-0.2, -0.15) is 0 Å². The average Bonchev–Trinajstić information content (AvgIpc) is 2.08. The number of aryl methyl sites for hydroxylation is 2. The quantitative estimate of drug-likeness (QED) is 0.613. The lowest BCUT2D eigenvalue weighted by atomic mass is 10.1. The van der Waals surface area contributed by atoms with Gasteiger partial charge >= 0.3 is 0 Å². The zero-order valence-electron chi connectivity index (χ0n) is 8.32. The first kappa shape index (κ1) is 11.5. The topological polar surface area (TPSA) is 0 Å². The fraction of sp³-hybridized carbons (Fsp3) is 0.455. The van der Waals surface area contributed by atoms with Crippen LogP contribution in [0.4, 0.5) is 0 Å². The molecule has 0 nitrogen and oxygen atoms in total. The van der Waals surface area contributed by atoms with Crippen molar-refractivity contribution in [1.82, 2.24) is 0 Å². The molecule has 0 aliphatic carbocycles. The van der Waals surface area contributed by atoms with Gasteiger partial charge in [0.25, 0.3) is 0 Å². The molecule has 0 atom stereocenters. The highest BCUT2D eigenvalue weighted by atomic mass is 35.5.